The zero-order valence-electron chi connectivity index (χ0n) is 12.9. The molecule has 0 aliphatic carbocycles. The fraction of sp³-hybridized carbons (Fsp3) is 0.412. The second-order valence-corrected chi connectivity index (χ2v) is 6.57. The first-order chi connectivity index (χ1) is 11.2. The first-order valence-corrected chi connectivity index (χ1v) is 8.68. The number of benzene rings is 1. The molecule has 1 aromatic heterocycles. The molecule has 122 valence electrons. The molecular formula is C17H20N2O3S. The van der Waals surface area contributed by atoms with E-state index in [1.54, 1.807) is 11.3 Å². The summed E-state index contributed by atoms with van der Waals surface area (Å²) in [5.41, 5.74) is 1.03. The molecule has 2 heterocycles. The number of aromatic nitrogens is 1. The molecular weight excluding hydrogens is 312 g/mol. The third-order valence-corrected chi connectivity index (χ3v) is 4.92. The van der Waals surface area contributed by atoms with Crippen molar-refractivity contribution < 1.29 is 14.6 Å². The van der Waals surface area contributed by atoms with Gasteiger partial charge in [-0.3, -0.25) is 4.90 Å². The van der Waals surface area contributed by atoms with E-state index in [1.807, 2.05) is 35.8 Å². The van der Waals surface area contributed by atoms with Crippen molar-refractivity contribution in [1.29, 1.82) is 0 Å². The van der Waals surface area contributed by atoms with E-state index in [0.29, 0.717) is 11.8 Å². The van der Waals surface area contributed by atoms with Crippen LogP contribution in [0.25, 0.3) is 0 Å². The van der Waals surface area contributed by atoms with Gasteiger partial charge in [0.25, 0.3) is 0 Å². The lowest BCUT2D eigenvalue weighted by Gasteiger charge is -2.34. The summed E-state index contributed by atoms with van der Waals surface area (Å²) in [5, 5.41) is 12.0. The van der Waals surface area contributed by atoms with E-state index in [2.05, 4.69) is 9.88 Å². The van der Waals surface area contributed by atoms with E-state index >= 15 is 0 Å². The summed E-state index contributed by atoms with van der Waals surface area (Å²) >= 11 is 1.70. The number of thiazole rings is 1. The highest BCUT2D eigenvalue weighted by Crippen LogP contribution is 2.34. The van der Waals surface area contributed by atoms with Gasteiger partial charge in [0.05, 0.1) is 6.04 Å². The molecule has 0 spiro atoms. The molecule has 0 amide bonds. The first kappa shape index (κ1) is 16.0. The Morgan fingerprint density at radius 1 is 1.39 bits per heavy atom. The molecule has 0 radical (unpaired) electrons. The Hall–Kier alpha value is -1.92. The zero-order chi connectivity index (χ0) is 16.1. The zero-order valence-corrected chi connectivity index (χ0v) is 13.7. The number of rotatable bonds is 6. The van der Waals surface area contributed by atoms with Crippen LogP contribution in [0.2, 0.25) is 0 Å². The minimum atomic E-state index is -0.960. The van der Waals surface area contributed by atoms with Crippen LogP contribution in [0.5, 0.6) is 5.75 Å². The van der Waals surface area contributed by atoms with Crippen molar-refractivity contribution in [2.24, 2.45) is 0 Å². The Morgan fingerprint density at radius 2 is 2.26 bits per heavy atom. The van der Waals surface area contributed by atoms with Crippen LogP contribution in [0.15, 0.2) is 35.8 Å². The number of ether oxygens (including phenoxy) is 1. The Balaban J connectivity index is 1.75. The minimum Gasteiger partial charge on any atom is -0.482 e. The highest BCUT2D eigenvalue weighted by molar-refractivity contribution is 7.09. The molecule has 1 unspecified atom stereocenters. The second kappa shape index (κ2) is 7.57. The van der Waals surface area contributed by atoms with E-state index in [-0.39, 0.29) is 6.61 Å². The van der Waals surface area contributed by atoms with Gasteiger partial charge in [0.2, 0.25) is 0 Å². The maximum Gasteiger partial charge on any atom is 0.341 e. The first-order valence-electron chi connectivity index (χ1n) is 7.80. The van der Waals surface area contributed by atoms with Crippen LogP contribution in [-0.4, -0.2) is 34.1 Å². The van der Waals surface area contributed by atoms with Crippen molar-refractivity contribution in [3.8, 4) is 5.75 Å². The average molecular weight is 332 g/mol. The van der Waals surface area contributed by atoms with Crippen LogP contribution in [0.4, 0.5) is 0 Å². The summed E-state index contributed by atoms with van der Waals surface area (Å²) in [7, 11) is 0. The number of para-hydroxylation sites is 1. The van der Waals surface area contributed by atoms with Crippen molar-refractivity contribution >= 4 is 17.3 Å². The quantitative estimate of drug-likeness (QED) is 0.879. The molecule has 6 heteroatoms. The van der Waals surface area contributed by atoms with Gasteiger partial charge in [-0.2, -0.15) is 0 Å². The lowest BCUT2D eigenvalue weighted by Crippen LogP contribution is -2.33. The van der Waals surface area contributed by atoms with Crippen LogP contribution < -0.4 is 4.74 Å². The number of carboxylic acids is 1. The van der Waals surface area contributed by atoms with Gasteiger partial charge in [-0.25, -0.2) is 9.78 Å². The molecule has 5 nitrogen and oxygen atoms in total. The van der Waals surface area contributed by atoms with Crippen molar-refractivity contribution in [3.63, 3.8) is 0 Å². The van der Waals surface area contributed by atoms with E-state index in [1.165, 1.54) is 12.8 Å². The molecule has 1 aliphatic rings. The summed E-state index contributed by atoms with van der Waals surface area (Å²) in [6.07, 6.45) is 5.38. The predicted molar refractivity (Wildman–Crippen MR) is 88.7 cm³/mol. The Morgan fingerprint density at radius 3 is 3.04 bits per heavy atom. The van der Waals surface area contributed by atoms with Gasteiger partial charge < -0.3 is 9.84 Å². The van der Waals surface area contributed by atoms with Gasteiger partial charge in [0.15, 0.2) is 6.61 Å². The molecule has 1 aromatic carbocycles. The summed E-state index contributed by atoms with van der Waals surface area (Å²) < 4.78 is 5.43. The van der Waals surface area contributed by atoms with Crippen LogP contribution in [0, 0.1) is 0 Å². The SMILES string of the molecule is O=C(O)COc1ccccc1CN1CCCCC1c1nccs1. The molecule has 1 aliphatic heterocycles. The van der Waals surface area contributed by atoms with Gasteiger partial charge in [-0.05, 0) is 25.5 Å². The number of carboxylic acid groups (broad SMARTS) is 1. The lowest BCUT2D eigenvalue weighted by molar-refractivity contribution is -0.139. The summed E-state index contributed by atoms with van der Waals surface area (Å²) in [6.45, 7) is 1.46. The van der Waals surface area contributed by atoms with Crippen LogP contribution >= 0.6 is 11.3 Å². The van der Waals surface area contributed by atoms with E-state index in [9.17, 15) is 4.79 Å². The average Bonchev–Trinajstić information content (AvgIpc) is 3.09. The maximum absolute atomic E-state index is 10.7. The molecule has 1 fully saturated rings. The molecule has 1 saturated heterocycles. The molecule has 1 N–H and O–H groups in total. The predicted octanol–water partition coefficient (Wildman–Crippen LogP) is 3.33. The summed E-state index contributed by atoms with van der Waals surface area (Å²) in [5.74, 6) is -0.309. The Kier molecular flexibility index (Phi) is 5.25. The van der Waals surface area contributed by atoms with E-state index in [4.69, 9.17) is 9.84 Å². The normalized spacial score (nSPS) is 18.7. The smallest absolute Gasteiger partial charge is 0.341 e. The van der Waals surface area contributed by atoms with Crippen LogP contribution in [-0.2, 0) is 11.3 Å². The lowest BCUT2D eigenvalue weighted by atomic mass is 10.0. The summed E-state index contributed by atoms with van der Waals surface area (Å²) in [4.78, 5) is 17.6. The topological polar surface area (TPSA) is 62.7 Å². The number of aliphatic carboxylic acids is 1. The van der Waals surface area contributed by atoms with Gasteiger partial charge in [-0.15, -0.1) is 11.3 Å². The second-order valence-electron chi connectivity index (χ2n) is 5.64. The third kappa shape index (κ3) is 4.09. The molecule has 3 rings (SSSR count). The molecule has 2 aromatic rings. The van der Waals surface area contributed by atoms with Gasteiger partial charge in [0, 0.05) is 23.7 Å². The largest absolute Gasteiger partial charge is 0.482 e. The van der Waals surface area contributed by atoms with Crippen LogP contribution in [0.3, 0.4) is 0 Å². The fourth-order valence-electron chi connectivity index (χ4n) is 2.99. The van der Waals surface area contributed by atoms with Crippen LogP contribution in [0.1, 0.15) is 35.9 Å². The number of carbonyl (C=O) groups is 1. The number of hydrogen-bond donors (Lipinski definition) is 1. The van der Waals surface area contributed by atoms with Crippen molar-refractivity contribution in [3.05, 3.63) is 46.4 Å². The van der Waals surface area contributed by atoms with Crippen molar-refractivity contribution in [2.45, 2.75) is 31.8 Å². The number of likely N-dealkylation sites (tertiary alicyclic amines) is 1. The van der Waals surface area contributed by atoms with E-state index in [0.717, 1.165) is 30.1 Å². The Bertz CT molecular complexity index is 645. The van der Waals surface area contributed by atoms with Gasteiger partial charge >= 0.3 is 5.97 Å². The number of hydrogen-bond acceptors (Lipinski definition) is 5. The number of nitrogens with zero attached hydrogens (tertiary/aromatic N) is 2. The Labute approximate surface area is 139 Å². The van der Waals surface area contributed by atoms with Crippen molar-refractivity contribution in [2.75, 3.05) is 13.2 Å². The monoisotopic (exact) mass is 332 g/mol. The minimum absolute atomic E-state index is 0.313. The third-order valence-electron chi connectivity index (χ3n) is 4.05. The molecule has 0 bridgehead atoms. The number of piperidine rings is 1. The van der Waals surface area contributed by atoms with Crippen molar-refractivity contribution in [1.82, 2.24) is 9.88 Å². The fourth-order valence-corrected chi connectivity index (χ4v) is 3.80. The molecule has 1 atom stereocenters. The van der Waals surface area contributed by atoms with E-state index < -0.39 is 5.97 Å². The highest BCUT2D eigenvalue weighted by Gasteiger charge is 2.26. The standard InChI is InChI=1S/C17H20N2O3S/c20-16(21)12-22-15-7-2-1-5-13(15)11-19-9-4-3-6-14(19)17-18-8-10-23-17/h1-2,5,7-8,10,14H,3-4,6,9,11-12H2,(H,20,21). The van der Waals surface area contributed by atoms with Gasteiger partial charge in [-0.1, -0.05) is 24.6 Å². The molecule has 0 saturated carbocycles. The van der Waals surface area contributed by atoms with Gasteiger partial charge in [0.1, 0.15) is 10.8 Å². The maximum atomic E-state index is 10.7. The highest BCUT2D eigenvalue weighted by atomic mass is 32.1. The summed E-state index contributed by atoms with van der Waals surface area (Å²) in [6, 6.07) is 8.02. The molecule has 23 heavy (non-hydrogen) atoms.